The molecule has 1 aromatic carbocycles. The van der Waals surface area contributed by atoms with Gasteiger partial charge in [0.1, 0.15) is 11.8 Å². The van der Waals surface area contributed by atoms with Crippen molar-refractivity contribution in [3.8, 4) is 11.3 Å². The second-order valence-corrected chi connectivity index (χ2v) is 12.9. The first-order chi connectivity index (χ1) is 16.6. The summed E-state index contributed by atoms with van der Waals surface area (Å²) >= 11 is 0. The molecule has 0 aliphatic carbocycles. The van der Waals surface area contributed by atoms with Crippen LogP contribution in [0.15, 0.2) is 58.6 Å². The first-order valence-corrected chi connectivity index (χ1v) is 13.9. The predicted octanol–water partition coefficient (Wildman–Crippen LogP) is 3.91. The van der Waals surface area contributed by atoms with Crippen LogP contribution in [0.25, 0.3) is 11.3 Å². The molecular weight excluding hydrogens is 516 g/mol. The Bertz CT molecular complexity index is 1530. The molecule has 0 spiro atoms. The number of aromatic nitrogens is 2. The van der Waals surface area contributed by atoms with E-state index in [1.54, 1.807) is 20.8 Å². The van der Waals surface area contributed by atoms with E-state index in [4.69, 9.17) is 4.74 Å². The third-order valence-electron chi connectivity index (χ3n) is 5.24. The Morgan fingerprint density at radius 2 is 1.72 bits per heavy atom. The van der Waals surface area contributed by atoms with E-state index < -0.39 is 65.4 Å². The minimum Gasteiger partial charge on any atom is -0.441 e. The van der Waals surface area contributed by atoms with Gasteiger partial charge in [-0.25, -0.2) is 35.0 Å². The van der Waals surface area contributed by atoms with Crippen molar-refractivity contribution in [3.05, 3.63) is 66.1 Å². The maximum absolute atomic E-state index is 16.0. The quantitative estimate of drug-likeness (QED) is 0.469. The molecule has 0 saturated carbocycles. The van der Waals surface area contributed by atoms with Crippen LogP contribution in [0.3, 0.4) is 0 Å². The summed E-state index contributed by atoms with van der Waals surface area (Å²) in [5, 5.41) is 2.26. The summed E-state index contributed by atoms with van der Waals surface area (Å²) in [4.78, 5) is 14.7. The van der Waals surface area contributed by atoms with E-state index in [1.807, 2.05) is 0 Å². The summed E-state index contributed by atoms with van der Waals surface area (Å²) in [6, 6.07) is 6.94. The zero-order valence-corrected chi connectivity index (χ0v) is 21.7. The van der Waals surface area contributed by atoms with Gasteiger partial charge in [-0.2, -0.15) is 4.39 Å². The number of amides is 1. The van der Waals surface area contributed by atoms with Crippen molar-refractivity contribution in [2.24, 2.45) is 5.41 Å². The van der Waals surface area contributed by atoms with E-state index in [1.165, 1.54) is 25.2 Å². The fraction of sp³-hybridized carbons (Fsp3) is 0.304. The summed E-state index contributed by atoms with van der Waals surface area (Å²) in [5.41, 5.74) is -2.39. The van der Waals surface area contributed by atoms with Gasteiger partial charge in [0.2, 0.25) is 5.95 Å². The molecule has 0 aliphatic heterocycles. The largest absolute Gasteiger partial charge is 0.441 e. The number of rotatable bonds is 6. The van der Waals surface area contributed by atoms with E-state index in [2.05, 4.69) is 10.3 Å². The normalized spacial score (nSPS) is 13.3. The van der Waals surface area contributed by atoms with Gasteiger partial charge in [-0.05, 0) is 30.3 Å². The number of nitrogens with zero attached hydrogens (tertiary/aromatic N) is 2. The predicted molar refractivity (Wildman–Crippen MR) is 127 cm³/mol. The molecule has 9 nitrogen and oxygen atoms in total. The Kier molecular flexibility index (Phi) is 7.29. The van der Waals surface area contributed by atoms with Gasteiger partial charge in [0.05, 0.1) is 15.4 Å². The minimum atomic E-state index is -4.67. The number of ether oxygens (including phenoxy) is 1. The van der Waals surface area contributed by atoms with E-state index in [-0.39, 0.29) is 10.5 Å². The lowest BCUT2D eigenvalue weighted by Crippen LogP contribution is -2.29. The molecule has 13 heteroatoms. The zero-order valence-electron chi connectivity index (χ0n) is 20.1. The molecule has 2 heterocycles. The highest BCUT2D eigenvalue weighted by Crippen LogP contribution is 2.42. The number of sulfone groups is 1. The third-order valence-corrected chi connectivity index (χ3v) is 8.01. The van der Waals surface area contributed by atoms with Crippen LogP contribution >= 0.6 is 0 Å². The van der Waals surface area contributed by atoms with Gasteiger partial charge in [0.25, 0.3) is 10.0 Å². The Labute approximate surface area is 208 Å². The fourth-order valence-corrected chi connectivity index (χ4v) is 5.67. The van der Waals surface area contributed by atoms with Crippen LogP contribution in [0.4, 0.5) is 13.6 Å². The topological polar surface area (TPSA) is 124 Å². The molecular formula is C23H25F2N3O6S2. The molecule has 0 fully saturated rings. The van der Waals surface area contributed by atoms with Gasteiger partial charge < -0.3 is 10.1 Å². The van der Waals surface area contributed by atoms with Gasteiger partial charge in [-0.3, -0.25) is 0 Å². The maximum atomic E-state index is 16.0. The number of carbonyl (C=O) groups is 1. The van der Waals surface area contributed by atoms with Gasteiger partial charge in [0, 0.05) is 36.7 Å². The minimum absolute atomic E-state index is 0.277. The van der Waals surface area contributed by atoms with Crippen LogP contribution in [0.2, 0.25) is 0 Å². The number of hydrogen-bond acceptors (Lipinski definition) is 7. The van der Waals surface area contributed by atoms with Crippen LogP contribution in [-0.2, 0) is 24.6 Å². The van der Waals surface area contributed by atoms with Crippen LogP contribution in [-0.4, -0.2) is 45.2 Å². The summed E-state index contributed by atoms with van der Waals surface area (Å²) in [6.07, 6.45) is 0.752. The molecule has 0 saturated heterocycles. The van der Waals surface area contributed by atoms with Crippen LogP contribution in [0, 0.1) is 17.2 Å². The second-order valence-electron chi connectivity index (χ2n) is 9.04. The van der Waals surface area contributed by atoms with Crippen molar-refractivity contribution in [1.29, 1.82) is 0 Å². The number of hydrogen-bond donors (Lipinski definition) is 1. The van der Waals surface area contributed by atoms with E-state index in [9.17, 15) is 26.0 Å². The molecule has 1 amide bonds. The van der Waals surface area contributed by atoms with E-state index in [0.29, 0.717) is 3.97 Å². The molecule has 194 valence electrons. The summed E-state index contributed by atoms with van der Waals surface area (Å²) < 4.78 is 87.9. The molecule has 1 N–H and O–H groups in total. The van der Waals surface area contributed by atoms with E-state index in [0.717, 1.165) is 36.8 Å². The van der Waals surface area contributed by atoms with Gasteiger partial charge in [-0.1, -0.05) is 26.8 Å². The second kappa shape index (κ2) is 9.62. The highest BCUT2D eigenvalue weighted by molar-refractivity contribution is 7.91. The third kappa shape index (κ3) is 5.26. The summed E-state index contributed by atoms with van der Waals surface area (Å²) in [7, 11) is -7.14. The molecule has 3 aromatic rings. The van der Waals surface area contributed by atoms with Crippen molar-refractivity contribution in [2.45, 2.75) is 36.7 Å². The number of halogens is 2. The summed E-state index contributed by atoms with van der Waals surface area (Å²) in [6.45, 7) is 4.93. The van der Waals surface area contributed by atoms with Gasteiger partial charge in [-0.15, -0.1) is 0 Å². The van der Waals surface area contributed by atoms with Gasteiger partial charge >= 0.3 is 6.09 Å². The lowest BCUT2D eigenvalue weighted by Gasteiger charge is -2.29. The number of carbonyl (C=O) groups excluding carboxylic acids is 1. The Morgan fingerprint density at radius 1 is 1.08 bits per heavy atom. The molecule has 36 heavy (non-hydrogen) atoms. The Balaban J connectivity index is 2.38. The highest BCUT2D eigenvalue weighted by atomic mass is 32.2. The monoisotopic (exact) mass is 541 g/mol. The molecule has 0 aliphatic rings. The molecule has 2 aromatic heterocycles. The Hall–Kier alpha value is -3.32. The van der Waals surface area contributed by atoms with Crippen molar-refractivity contribution < 1.29 is 35.1 Å². The SMILES string of the molecule is CNC(=O)OC(c1cn(S(=O)(=O)c2cccc(S(C)(=O)=O)c2)c(-c2cccnc2F)c1F)C(C)(C)C. The van der Waals surface area contributed by atoms with Crippen LogP contribution in [0.5, 0.6) is 0 Å². The first kappa shape index (κ1) is 27.3. The summed E-state index contributed by atoms with van der Waals surface area (Å²) in [5.74, 6) is -2.28. The lowest BCUT2D eigenvalue weighted by molar-refractivity contribution is 0.0294. The average molecular weight is 542 g/mol. The standard InChI is InChI=1S/C23H25F2N3O6S2/c1-23(2,3)20(34-22(29)26-4)17-13-28(19(18(17)24)16-10-7-11-27-21(16)25)36(32,33)15-9-6-8-14(12-15)35(5,30)31/h6-13,20H,1-5H3,(H,26,29). The van der Waals surface area contributed by atoms with Crippen LogP contribution in [0.1, 0.15) is 32.4 Å². The smallest absolute Gasteiger partial charge is 0.407 e. The molecule has 1 unspecified atom stereocenters. The average Bonchev–Trinajstić information content (AvgIpc) is 3.13. The first-order valence-electron chi connectivity index (χ1n) is 10.5. The number of alkyl carbamates (subject to hydrolysis) is 1. The van der Waals surface area contributed by atoms with Crippen molar-refractivity contribution in [2.75, 3.05) is 13.3 Å². The van der Waals surface area contributed by atoms with Crippen molar-refractivity contribution >= 4 is 26.0 Å². The fourth-order valence-electron chi connectivity index (χ4n) is 3.50. The number of pyridine rings is 1. The lowest BCUT2D eigenvalue weighted by atomic mass is 9.85. The van der Waals surface area contributed by atoms with E-state index >= 15 is 4.39 Å². The molecule has 0 radical (unpaired) electrons. The Morgan fingerprint density at radius 3 is 2.28 bits per heavy atom. The van der Waals surface area contributed by atoms with Crippen molar-refractivity contribution in [3.63, 3.8) is 0 Å². The zero-order chi connectivity index (χ0) is 27.1. The molecule has 3 rings (SSSR count). The number of nitrogens with one attached hydrogen (secondary N) is 1. The van der Waals surface area contributed by atoms with Gasteiger partial charge in [0.15, 0.2) is 15.7 Å². The highest BCUT2D eigenvalue weighted by Gasteiger charge is 2.38. The van der Waals surface area contributed by atoms with Crippen LogP contribution < -0.4 is 5.32 Å². The maximum Gasteiger partial charge on any atom is 0.407 e. The van der Waals surface area contributed by atoms with Crippen molar-refractivity contribution in [1.82, 2.24) is 14.3 Å². The molecule has 1 atom stereocenters. The number of benzene rings is 1. The molecule has 0 bridgehead atoms.